The van der Waals surface area contributed by atoms with Crippen LogP contribution in [0.2, 0.25) is 0 Å². The third kappa shape index (κ3) is 2.12. The quantitative estimate of drug-likeness (QED) is 0.811. The van der Waals surface area contributed by atoms with Crippen molar-refractivity contribution in [3.8, 4) is 6.07 Å². The van der Waals surface area contributed by atoms with Crippen molar-refractivity contribution in [2.24, 2.45) is 5.41 Å². The first-order chi connectivity index (χ1) is 7.29. The van der Waals surface area contributed by atoms with E-state index >= 15 is 0 Å². The fourth-order valence-electron chi connectivity index (χ4n) is 1.74. The van der Waals surface area contributed by atoms with Gasteiger partial charge in [-0.25, -0.2) is 0 Å². The van der Waals surface area contributed by atoms with E-state index in [9.17, 15) is 0 Å². The molecular weight excluding hydrogens is 184 g/mol. The van der Waals surface area contributed by atoms with Crippen LogP contribution in [-0.4, -0.2) is 6.54 Å². The molecule has 0 bridgehead atoms. The van der Waals surface area contributed by atoms with Crippen LogP contribution in [0.1, 0.15) is 25.3 Å². The minimum Gasteiger partial charge on any atom is -0.383 e. The fraction of sp³-hybridized carbons (Fsp3) is 0.462. The molecule has 1 aromatic carbocycles. The number of nitriles is 1. The minimum atomic E-state index is -0.0686. The van der Waals surface area contributed by atoms with Gasteiger partial charge in [0.05, 0.1) is 11.5 Å². The molecule has 0 amide bonds. The summed E-state index contributed by atoms with van der Waals surface area (Å²) in [7, 11) is 0. The highest BCUT2D eigenvalue weighted by Crippen LogP contribution is 2.44. The average molecular weight is 200 g/mol. The van der Waals surface area contributed by atoms with Gasteiger partial charge in [-0.1, -0.05) is 25.1 Å². The molecule has 2 rings (SSSR count). The normalized spacial score (nSPS) is 16.8. The van der Waals surface area contributed by atoms with Gasteiger partial charge in [0.15, 0.2) is 0 Å². The van der Waals surface area contributed by atoms with Crippen molar-refractivity contribution >= 4 is 5.69 Å². The number of benzene rings is 1. The van der Waals surface area contributed by atoms with Crippen molar-refractivity contribution in [3.63, 3.8) is 0 Å². The maximum absolute atomic E-state index is 8.97. The Morgan fingerprint density at radius 1 is 1.40 bits per heavy atom. The molecule has 1 aliphatic carbocycles. The van der Waals surface area contributed by atoms with Gasteiger partial charge < -0.3 is 5.32 Å². The summed E-state index contributed by atoms with van der Waals surface area (Å²) in [5.41, 5.74) is 2.44. The monoisotopic (exact) mass is 200 g/mol. The summed E-state index contributed by atoms with van der Waals surface area (Å²) in [6, 6.07) is 10.7. The van der Waals surface area contributed by atoms with Crippen molar-refractivity contribution in [1.82, 2.24) is 0 Å². The van der Waals surface area contributed by atoms with E-state index in [1.807, 2.05) is 6.07 Å². The van der Waals surface area contributed by atoms with Gasteiger partial charge in [-0.15, -0.1) is 0 Å². The fourth-order valence-corrected chi connectivity index (χ4v) is 1.74. The molecule has 1 saturated carbocycles. The summed E-state index contributed by atoms with van der Waals surface area (Å²) in [6.07, 6.45) is 3.12. The minimum absolute atomic E-state index is 0.0686. The first kappa shape index (κ1) is 10.0. The van der Waals surface area contributed by atoms with Crippen molar-refractivity contribution in [2.75, 3.05) is 11.9 Å². The Labute approximate surface area is 90.9 Å². The Morgan fingerprint density at radius 2 is 2.13 bits per heavy atom. The lowest BCUT2D eigenvalue weighted by Crippen LogP contribution is -2.14. The van der Waals surface area contributed by atoms with Gasteiger partial charge in [-0.05, 0) is 30.9 Å². The molecule has 15 heavy (non-hydrogen) atoms. The molecule has 0 spiro atoms. The molecule has 0 atom stereocenters. The van der Waals surface area contributed by atoms with E-state index in [2.05, 4.69) is 36.5 Å². The van der Waals surface area contributed by atoms with Crippen LogP contribution >= 0.6 is 0 Å². The maximum atomic E-state index is 8.97. The number of para-hydroxylation sites is 1. The van der Waals surface area contributed by atoms with Crippen LogP contribution in [0.4, 0.5) is 5.69 Å². The van der Waals surface area contributed by atoms with E-state index in [-0.39, 0.29) is 5.41 Å². The van der Waals surface area contributed by atoms with Crippen LogP contribution in [0.25, 0.3) is 0 Å². The molecule has 0 saturated heterocycles. The van der Waals surface area contributed by atoms with E-state index < -0.39 is 0 Å². The van der Waals surface area contributed by atoms with Crippen molar-refractivity contribution < 1.29 is 0 Å². The van der Waals surface area contributed by atoms with Gasteiger partial charge in [0.25, 0.3) is 0 Å². The summed E-state index contributed by atoms with van der Waals surface area (Å²) in [4.78, 5) is 0. The van der Waals surface area contributed by atoms with Crippen molar-refractivity contribution in [1.29, 1.82) is 5.26 Å². The first-order valence-corrected chi connectivity index (χ1v) is 5.53. The van der Waals surface area contributed by atoms with E-state index in [4.69, 9.17) is 5.26 Å². The second kappa shape index (κ2) is 3.94. The van der Waals surface area contributed by atoms with Crippen LogP contribution in [0.3, 0.4) is 0 Å². The summed E-state index contributed by atoms with van der Waals surface area (Å²) in [5.74, 6) is 0. The summed E-state index contributed by atoms with van der Waals surface area (Å²) < 4.78 is 0. The predicted octanol–water partition coefficient (Wildman–Crippen LogP) is 2.96. The van der Waals surface area contributed by atoms with Crippen LogP contribution in [0.15, 0.2) is 24.3 Å². The first-order valence-electron chi connectivity index (χ1n) is 5.53. The standard InChI is InChI=1S/C13H16N2/c1-2-11-5-3-4-6-12(11)15-10-13(9-14)7-8-13/h3-6,15H,2,7-8,10H2,1H3. The van der Waals surface area contributed by atoms with Crippen molar-refractivity contribution in [3.05, 3.63) is 29.8 Å². The number of hydrogen-bond donors (Lipinski definition) is 1. The zero-order chi connectivity index (χ0) is 10.7. The number of rotatable bonds is 4. The molecule has 78 valence electrons. The second-order valence-electron chi connectivity index (χ2n) is 4.26. The maximum Gasteiger partial charge on any atom is 0.0747 e. The number of aryl methyl sites for hydroxylation is 1. The smallest absolute Gasteiger partial charge is 0.0747 e. The summed E-state index contributed by atoms with van der Waals surface area (Å²) in [5, 5.41) is 12.4. The average Bonchev–Trinajstić information content (AvgIpc) is 3.07. The topological polar surface area (TPSA) is 35.8 Å². The number of nitrogens with one attached hydrogen (secondary N) is 1. The van der Waals surface area contributed by atoms with Crippen LogP contribution < -0.4 is 5.32 Å². The van der Waals surface area contributed by atoms with E-state index in [1.165, 1.54) is 11.3 Å². The van der Waals surface area contributed by atoms with Crippen LogP contribution in [-0.2, 0) is 6.42 Å². The molecular formula is C13H16N2. The van der Waals surface area contributed by atoms with E-state index in [1.54, 1.807) is 0 Å². The number of hydrogen-bond acceptors (Lipinski definition) is 2. The van der Waals surface area contributed by atoms with Gasteiger partial charge in [0, 0.05) is 12.2 Å². The molecule has 1 aliphatic rings. The molecule has 1 N–H and O–H groups in total. The lowest BCUT2D eigenvalue weighted by Gasteiger charge is -2.12. The van der Waals surface area contributed by atoms with Gasteiger partial charge in [0.2, 0.25) is 0 Å². The molecule has 2 nitrogen and oxygen atoms in total. The Balaban J connectivity index is 2.02. The summed E-state index contributed by atoms with van der Waals surface area (Å²) in [6.45, 7) is 2.94. The molecule has 0 radical (unpaired) electrons. The Hall–Kier alpha value is -1.49. The molecule has 2 heteroatoms. The van der Waals surface area contributed by atoms with Gasteiger partial charge in [0.1, 0.15) is 0 Å². The van der Waals surface area contributed by atoms with Gasteiger partial charge >= 0.3 is 0 Å². The molecule has 0 unspecified atom stereocenters. The molecule has 1 fully saturated rings. The van der Waals surface area contributed by atoms with E-state index in [0.29, 0.717) is 0 Å². The molecule has 0 heterocycles. The zero-order valence-corrected chi connectivity index (χ0v) is 9.09. The second-order valence-corrected chi connectivity index (χ2v) is 4.26. The zero-order valence-electron chi connectivity index (χ0n) is 9.09. The largest absolute Gasteiger partial charge is 0.383 e. The van der Waals surface area contributed by atoms with Crippen molar-refractivity contribution in [2.45, 2.75) is 26.2 Å². The Morgan fingerprint density at radius 3 is 2.73 bits per heavy atom. The Bertz CT molecular complexity index is 386. The summed E-state index contributed by atoms with van der Waals surface area (Å²) >= 11 is 0. The molecule has 0 aliphatic heterocycles. The highest BCUT2D eigenvalue weighted by molar-refractivity contribution is 5.51. The molecule has 0 aromatic heterocycles. The lowest BCUT2D eigenvalue weighted by molar-refractivity contribution is 0.710. The lowest BCUT2D eigenvalue weighted by atomic mass is 10.1. The SMILES string of the molecule is CCc1ccccc1NCC1(C#N)CC1. The third-order valence-corrected chi connectivity index (χ3v) is 3.11. The highest BCUT2D eigenvalue weighted by atomic mass is 14.9. The highest BCUT2D eigenvalue weighted by Gasteiger charge is 2.42. The van der Waals surface area contributed by atoms with E-state index in [0.717, 1.165) is 25.8 Å². The number of nitrogens with zero attached hydrogens (tertiary/aromatic N) is 1. The molecule has 1 aromatic rings. The Kier molecular flexibility index (Phi) is 2.64. The predicted molar refractivity (Wildman–Crippen MR) is 61.6 cm³/mol. The third-order valence-electron chi connectivity index (χ3n) is 3.11. The van der Waals surface area contributed by atoms with Crippen LogP contribution in [0.5, 0.6) is 0 Å². The van der Waals surface area contributed by atoms with Gasteiger partial charge in [-0.3, -0.25) is 0 Å². The van der Waals surface area contributed by atoms with Gasteiger partial charge in [-0.2, -0.15) is 5.26 Å². The number of anilines is 1. The van der Waals surface area contributed by atoms with Crippen LogP contribution in [0, 0.1) is 16.7 Å².